The van der Waals surface area contributed by atoms with Gasteiger partial charge in [0.25, 0.3) is 0 Å². The van der Waals surface area contributed by atoms with Gasteiger partial charge in [-0.25, -0.2) is 0 Å². The Labute approximate surface area is 145 Å². The average molecular weight is 341 g/mol. The van der Waals surface area contributed by atoms with E-state index in [1.165, 1.54) is 11.8 Å². The number of thioether (sulfide) groups is 1. The summed E-state index contributed by atoms with van der Waals surface area (Å²) < 4.78 is 0. The summed E-state index contributed by atoms with van der Waals surface area (Å²) in [5, 5.41) is 2.92. The summed E-state index contributed by atoms with van der Waals surface area (Å²) in [7, 11) is 1.96. The van der Waals surface area contributed by atoms with Crippen LogP contribution in [-0.4, -0.2) is 41.9 Å². The summed E-state index contributed by atoms with van der Waals surface area (Å²) in [6.45, 7) is 0.0925. The molecular formula is C18H19N3O2S. The van der Waals surface area contributed by atoms with Crippen molar-refractivity contribution < 1.29 is 9.59 Å². The van der Waals surface area contributed by atoms with Crippen molar-refractivity contribution >= 4 is 40.6 Å². The van der Waals surface area contributed by atoms with Crippen molar-refractivity contribution in [3.8, 4) is 0 Å². The second kappa shape index (κ2) is 7.40. The molecule has 0 aliphatic carbocycles. The van der Waals surface area contributed by atoms with Crippen molar-refractivity contribution in [3.05, 3.63) is 54.6 Å². The minimum Gasteiger partial charge on any atom is -0.343 e. The molecule has 1 saturated heterocycles. The summed E-state index contributed by atoms with van der Waals surface area (Å²) in [6, 6.07) is 17.6. The third kappa shape index (κ3) is 3.71. The largest absolute Gasteiger partial charge is 0.343 e. The Morgan fingerprint density at radius 3 is 2.58 bits per heavy atom. The second-order valence-electron chi connectivity index (χ2n) is 5.53. The molecule has 24 heavy (non-hydrogen) atoms. The van der Waals surface area contributed by atoms with E-state index in [2.05, 4.69) is 5.32 Å². The van der Waals surface area contributed by atoms with Crippen LogP contribution in [0.25, 0.3) is 0 Å². The number of amides is 2. The van der Waals surface area contributed by atoms with Crippen LogP contribution in [0.3, 0.4) is 0 Å². The lowest BCUT2D eigenvalue weighted by atomic mass is 10.2. The molecule has 1 aliphatic rings. The molecule has 124 valence electrons. The van der Waals surface area contributed by atoms with Crippen LogP contribution in [0.15, 0.2) is 54.6 Å². The Kier molecular flexibility index (Phi) is 5.05. The van der Waals surface area contributed by atoms with Gasteiger partial charge in [0.05, 0.1) is 23.0 Å². The van der Waals surface area contributed by atoms with Crippen LogP contribution in [0.4, 0.5) is 17.1 Å². The summed E-state index contributed by atoms with van der Waals surface area (Å²) in [5.41, 5.74) is 2.66. The van der Waals surface area contributed by atoms with E-state index < -0.39 is 0 Å². The zero-order valence-corrected chi connectivity index (χ0v) is 14.3. The SMILES string of the molecule is CN(c1ccccc1)c1ccccc1NC(=O)CN1CSCC1=O. The molecule has 0 spiro atoms. The molecule has 1 aliphatic heterocycles. The highest BCUT2D eigenvalue weighted by Gasteiger charge is 2.23. The van der Waals surface area contributed by atoms with E-state index in [0.717, 1.165) is 17.1 Å². The normalized spacial score (nSPS) is 13.9. The van der Waals surface area contributed by atoms with Gasteiger partial charge in [0.1, 0.15) is 6.54 Å². The lowest BCUT2D eigenvalue weighted by Gasteiger charge is -2.23. The fourth-order valence-corrected chi connectivity index (χ4v) is 3.47. The summed E-state index contributed by atoms with van der Waals surface area (Å²) >= 11 is 1.53. The number of hydrogen-bond donors (Lipinski definition) is 1. The maximum absolute atomic E-state index is 12.3. The molecule has 5 nitrogen and oxygen atoms in total. The number of nitrogens with one attached hydrogen (secondary N) is 1. The van der Waals surface area contributed by atoms with Crippen LogP contribution >= 0.6 is 11.8 Å². The molecule has 0 saturated carbocycles. The lowest BCUT2D eigenvalue weighted by molar-refractivity contribution is -0.130. The fourth-order valence-electron chi connectivity index (χ4n) is 2.57. The molecular weight excluding hydrogens is 322 g/mol. The third-order valence-corrected chi connectivity index (χ3v) is 4.79. The molecule has 1 heterocycles. The minimum absolute atomic E-state index is 0.0184. The van der Waals surface area contributed by atoms with Crippen LogP contribution in [0, 0.1) is 0 Å². The quantitative estimate of drug-likeness (QED) is 0.908. The molecule has 0 radical (unpaired) electrons. The van der Waals surface area contributed by atoms with Crippen LogP contribution < -0.4 is 10.2 Å². The van der Waals surface area contributed by atoms with E-state index in [0.29, 0.717) is 11.6 Å². The van der Waals surface area contributed by atoms with E-state index in [1.54, 1.807) is 4.90 Å². The zero-order chi connectivity index (χ0) is 16.9. The number of benzene rings is 2. The number of carbonyl (C=O) groups is 2. The molecule has 1 fully saturated rings. The summed E-state index contributed by atoms with van der Waals surface area (Å²) in [4.78, 5) is 27.5. The molecule has 3 rings (SSSR count). The fraction of sp³-hybridized carbons (Fsp3) is 0.222. The Balaban J connectivity index is 1.74. The highest BCUT2D eigenvalue weighted by Crippen LogP contribution is 2.30. The van der Waals surface area contributed by atoms with Gasteiger partial charge in [0.15, 0.2) is 0 Å². The zero-order valence-electron chi connectivity index (χ0n) is 13.4. The van der Waals surface area contributed by atoms with Crippen LogP contribution in [0.2, 0.25) is 0 Å². The first kappa shape index (κ1) is 16.4. The standard InChI is InChI=1S/C18H19N3O2S/c1-20(14-7-3-2-4-8-14)16-10-6-5-9-15(16)19-17(22)11-21-13-24-12-18(21)23/h2-10H,11-13H2,1H3,(H,19,22). The van der Waals surface area contributed by atoms with Crippen LogP contribution in [-0.2, 0) is 9.59 Å². The van der Waals surface area contributed by atoms with Crippen molar-refractivity contribution in [2.45, 2.75) is 0 Å². The number of rotatable bonds is 5. The van der Waals surface area contributed by atoms with Crippen LogP contribution in [0.5, 0.6) is 0 Å². The molecule has 0 bridgehead atoms. The van der Waals surface area contributed by atoms with Gasteiger partial charge < -0.3 is 15.1 Å². The number of hydrogen-bond acceptors (Lipinski definition) is 4. The number of anilines is 3. The molecule has 0 atom stereocenters. The van der Waals surface area contributed by atoms with E-state index in [-0.39, 0.29) is 18.4 Å². The Morgan fingerprint density at radius 1 is 1.17 bits per heavy atom. The van der Waals surface area contributed by atoms with Gasteiger partial charge in [-0.15, -0.1) is 11.8 Å². The van der Waals surface area contributed by atoms with Gasteiger partial charge in [-0.1, -0.05) is 30.3 Å². The van der Waals surface area contributed by atoms with E-state index in [9.17, 15) is 9.59 Å². The number of para-hydroxylation sites is 3. The van der Waals surface area contributed by atoms with Gasteiger partial charge in [-0.3, -0.25) is 9.59 Å². The Morgan fingerprint density at radius 2 is 1.88 bits per heavy atom. The first-order chi connectivity index (χ1) is 11.6. The van der Waals surface area contributed by atoms with Gasteiger partial charge in [0.2, 0.25) is 11.8 Å². The van der Waals surface area contributed by atoms with E-state index in [4.69, 9.17) is 0 Å². The van der Waals surface area contributed by atoms with Crippen LogP contribution in [0.1, 0.15) is 0 Å². The first-order valence-corrected chi connectivity index (χ1v) is 8.84. The maximum atomic E-state index is 12.3. The van der Waals surface area contributed by atoms with E-state index >= 15 is 0 Å². The monoisotopic (exact) mass is 341 g/mol. The second-order valence-corrected chi connectivity index (χ2v) is 6.48. The molecule has 0 aromatic heterocycles. The van der Waals surface area contributed by atoms with Crippen molar-refractivity contribution in [1.82, 2.24) is 4.90 Å². The number of nitrogens with zero attached hydrogens (tertiary/aromatic N) is 2. The number of carbonyl (C=O) groups excluding carboxylic acids is 2. The molecule has 1 N–H and O–H groups in total. The lowest BCUT2D eigenvalue weighted by Crippen LogP contribution is -2.34. The van der Waals surface area contributed by atoms with E-state index in [1.807, 2.05) is 66.5 Å². The first-order valence-electron chi connectivity index (χ1n) is 7.68. The average Bonchev–Trinajstić information content (AvgIpc) is 3.00. The highest BCUT2D eigenvalue weighted by molar-refractivity contribution is 8.00. The predicted molar refractivity (Wildman–Crippen MR) is 98.6 cm³/mol. The maximum Gasteiger partial charge on any atom is 0.244 e. The van der Waals surface area contributed by atoms with Gasteiger partial charge >= 0.3 is 0 Å². The van der Waals surface area contributed by atoms with Crippen molar-refractivity contribution in [2.75, 3.05) is 35.4 Å². The Bertz CT molecular complexity index is 736. The summed E-state index contributed by atoms with van der Waals surface area (Å²) in [5.74, 6) is 0.878. The molecule has 0 unspecified atom stereocenters. The minimum atomic E-state index is -0.181. The molecule has 2 amide bonds. The third-order valence-electron chi connectivity index (χ3n) is 3.84. The molecule has 6 heteroatoms. The molecule has 2 aromatic carbocycles. The highest BCUT2D eigenvalue weighted by atomic mass is 32.2. The van der Waals surface area contributed by atoms with Crippen molar-refractivity contribution in [3.63, 3.8) is 0 Å². The van der Waals surface area contributed by atoms with Gasteiger partial charge in [-0.05, 0) is 24.3 Å². The smallest absolute Gasteiger partial charge is 0.244 e. The van der Waals surface area contributed by atoms with Gasteiger partial charge in [0, 0.05) is 12.7 Å². The van der Waals surface area contributed by atoms with Gasteiger partial charge in [-0.2, -0.15) is 0 Å². The Hall–Kier alpha value is -2.47. The predicted octanol–water partition coefficient (Wildman–Crippen LogP) is 2.93. The molecule has 2 aromatic rings. The van der Waals surface area contributed by atoms with Crippen molar-refractivity contribution in [2.24, 2.45) is 0 Å². The topological polar surface area (TPSA) is 52.7 Å². The van der Waals surface area contributed by atoms with Crippen molar-refractivity contribution in [1.29, 1.82) is 0 Å². The summed E-state index contributed by atoms with van der Waals surface area (Å²) in [6.07, 6.45) is 0.